The maximum atomic E-state index is 11.3. The normalized spacial score (nSPS) is 11.7. The van der Waals surface area contributed by atoms with E-state index in [1.54, 1.807) is 12.4 Å². The molecule has 2 aromatic heterocycles. The fraction of sp³-hybridized carbons (Fsp3) is 0.161. The standard InChI is InChI=1S/C31H29N3O3/c1-3-36-27-19-24(12-14-26(27)37-20-22-8-5-4-6-9-22)29(34-28-18-21(2)15-17-32-28)25-13-11-23-10-7-16-33-30(23)31(25)35/h4-19,29,35H,3,20H2,1-2H3,(H,32,34)/t29-/m1/s1. The number of aryl methyl sites for hydroxylation is 1. The third-order valence-electron chi connectivity index (χ3n) is 6.14. The molecule has 0 aliphatic heterocycles. The number of hydrogen-bond acceptors (Lipinski definition) is 6. The molecular formula is C31H29N3O3. The Labute approximate surface area is 216 Å². The lowest BCUT2D eigenvalue weighted by molar-refractivity contribution is 0.269. The van der Waals surface area contributed by atoms with Crippen LogP contribution >= 0.6 is 0 Å². The summed E-state index contributed by atoms with van der Waals surface area (Å²) in [6.45, 7) is 4.90. The zero-order valence-electron chi connectivity index (χ0n) is 20.9. The van der Waals surface area contributed by atoms with Gasteiger partial charge in [-0.3, -0.25) is 4.98 Å². The van der Waals surface area contributed by atoms with Gasteiger partial charge < -0.3 is 19.9 Å². The number of anilines is 1. The van der Waals surface area contributed by atoms with Gasteiger partial charge in [-0.25, -0.2) is 4.98 Å². The summed E-state index contributed by atoms with van der Waals surface area (Å²) in [7, 11) is 0. The number of pyridine rings is 2. The Morgan fingerprint density at radius 3 is 2.51 bits per heavy atom. The van der Waals surface area contributed by atoms with Crippen LogP contribution in [0.5, 0.6) is 17.2 Å². The van der Waals surface area contributed by atoms with Gasteiger partial charge in [-0.1, -0.05) is 54.6 Å². The summed E-state index contributed by atoms with van der Waals surface area (Å²) in [6.07, 6.45) is 3.45. The highest BCUT2D eigenvalue weighted by Gasteiger charge is 2.22. The number of fused-ring (bicyclic) bond motifs is 1. The van der Waals surface area contributed by atoms with Gasteiger partial charge in [0.25, 0.3) is 0 Å². The van der Waals surface area contributed by atoms with Crippen LogP contribution in [-0.4, -0.2) is 21.7 Å². The fourth-order valence-corrected chi connectivity index (χ4v) is 4.31. The van der Waals surface area contributed by atoms with Crippen molar-refractivity contribution >= 4 is 16.7 Å². The molecule has 6 heteroatoms. The van der Waals surface area contributed by atoms with Crippen molar-refractivity contribution in [2.75, 3.05) is 11.9 Å². The highest BCUT2D eigenvalue weighted by Crippen LogP contribution is 2.39. The Morgan fingerprint density at radius 1 is 0.838 bits per heavy atom. The SMILES string of the molecule is CCOc1cc([C@@H](Nc2cc(C)ccn2)c2ccc3cccnc3c2O)ccc1OCc1ccccc1. The summed E-state index contributed by atoms with van der Waals surface area (Å²) in [5, 5.41) is 15.7. The summed E-state index contributed by atoms with van der Waals surface area (Å²) in [5.41, 5.74) is 4.30. The number of rotatable bonds is 9. The number of nitrogens with one attached hydrogen (secondary N) is 1. The maximum absolute atomic E-state index is 11.3. The zero-order valence-corrected chi connectivity index (χ0v) is 20.9. The van der Waals surface area contributed by atoms with Crippen LogP contribution in [0.3, 0.4) is 0 Å². The molecule has 5 aromatic rings. The highest BCUT2D eigenvalue weighted by atomic mass is 16.5. The van der Waals surface area contributed by atoms with E-state index in [0.717, 1.165) is 22.1 Å². The average molecular weight is 492 g/mol. The average Bonchev–Trinajstić information content (AvgIpc) is 2.92. The molecule has 1 atom stereocenters. The number of hydrogen-bond donors (Lipinski definition) is 2. The molecule has 0 aliphatic rings. The number of aromatic hydroxyl groups is 1. The first kappa shape index (κ1) is 24.1. The van der Waals surface area contributed by atoms with Crippen molar-refractivity contribution in [3.63, 3.8) is 0 Å². The van der Waals surface area contributed by atoms with Crippen molar-refractivity contribution in [1.82, 2.24) is 9.97 Å². The first-order valence-corrected chi connectivity index (χ1v) is 12.3. The molecule has 0 bridgehead atoms. The minimum absolute atomic E-state index is 0.130. The van der Waals surface area contributed by atoms with Crippen molar-refractivity contribution in [1.29, 1.82) is 0 Å². The molecule has 0 saturated heterocycles. The summed E-state index contributed by atoms with van der Waals surface area (Å²) >= 11 is 0. The van der Waals surface area contributed by atoms with Crippen molar-refractivity contribution in [3.05, 3.63) is 120 Å². The number of phenolic OH excluding ortho intramolecular Hbond substituents is 1. The topological polar surface area (TPSA) is 76.5 Å². The molecular weight excluding hydrogens is 462 g/mol. The zero-order chi connectivity index (χ0) is 25.6. The van der Waals surface area contributed by atoms with E-state index in [2.05, 4.69) is 15.3 Å². The molecule has 0 saturated carbocycles. The van der Waals surface area contributed by atoms with Crippen LogP contribution in [0.25, 0.3) is 10.9 Å². The highest BCUT2D eigenvalue weighted by molar-refractivity contribution is 5.86. The minimum Gasteiger partial charge on any atom is -0.505 e. The second-order valence-electron chi connectivity index (χ2n) is 8.79. The predicted octanol–water partition coefficient (Wildman–Crippen LogP) is 6.82. The summed E-state index contributed by atoms with van der Waals surface area (Å²) in [5.74, 6) is 2.13. The molecule has 0 fully saturated rings. The van der Waals surface area contributed by atoms with Crippen LogP contribution < -0.4 is 14.8 Å². The van der Waals surface area contributed by atoms with Crippen molar-refractivity contribution in [3.8, 4) is 17.2 Å². The number of benzene rings is 3. The first-order valence-electron chi connectivity index (χ1n) is 12.3. The van der Waals surface area contributed by atoms with Gasteiger partial charge in [-0.2, -0.15) is 0 Å². The lowest BCUT2D eigenvalue weighted by Gasteiger charge is -2.23. The van der Waals surface area contributed by atoms with Gasteiger partial charge in [-0.15, -0.1) is 0 Å². The molecule has 0 spiro atoms. The Kier molecular flexibility index (Phi) is 7.17. The quantitative estimate of drug-likeness (QED) is 0.236. The molecule has 6 nitrogen and oxygen atoms in total. The van der Waals surface area contributed by atoms with Crippen molar-refractivity contribution < 1.29 is 14.6 Å². The van der Waals surface area contributed by atoms with E-state index in [1.165, 1.54) is 0 Å². The van der Waals surface area contributed by atoms with E-state index in [4.69, 9.17) is 9.47 Å². The van der Waals surface area contributed by atoms with Crippen LogP contribution in [0.2, 0.25) is 0 Å². The van der Waals surface area contributed by atoms with E-state index in [-0.39, 0.29) is 5.75 Å². The van der Waals surface area contributed by atoms with E-state index in [9.17, 15) is 5.11 Å². The molecule has 3 aromatic carbocycles. The number of ether oxygens (including phenoxy) is 2. The van der Waals surface area contributed by atoms with Crippen LogP contribution in [-0.2, 0) is 6.61 Å². The molecule has 2 heterocycles. The second kappa shape index (κ2) is 11.0. The van der Waals surface area contributed by atoms with Gasteiger partial charge in [-0.05, 0) is 60.9 Å². The predicted molar refractivity (Wildman–Crippen MR) is 146 cm³/mol. The van der Waals surface area contributed by atoms with E-state index >= 15 is 0 Å². The molecule has 0 amide bonds. The van der Waals surface area contributed by atoms with E-state index in [0.29, 0.717) is 41.6 Å². The number of aromatic nitrogens is 2. The van der Waals surface area contributed by atoms with Crippen LogP contribution in [0.4, 0.5) is 5.82 Å². The Balaban J connectivity index is 1.55. The molecule has 0 aliphatic carbocycles. The molecule has 37 heavy (non-hydrogen) atoms. The van der Waals surface area contributed by atoms with E-state index in [1.807, 2.05) is 98.8 Å². The molecule has 5 rings (SSSR count). The van der Waals surface area contributed by atoms with E-state index < -0.39 is 6.04 Å². The lowest BCUT2D eigenvalue weighted by atomic mass is 9.95. The smallest absolute Gasteiger partial charge is 0.161 e. The van der Waals surface area contributed by atoms with Crippen LogP contribution in [0, 0.1) is 6.92 Å². The lowest BCUT2D eigenvalue weighted by Crippen LogP contribution is -2.14. The van der Waals surface area contributed by atoms with Crippen molar-refractivity contribution in [2.45, 2.75) is 26.5 Å². The van der Waals surface area contributed by atoms with Gasteiger partial charge in [0, 0.05) is 23.3 Å². The minimum atomic E-state index is -0.414. The third-order valence-corrected chi connectivity index (χ3v) is 6.14. The second-order valence-corrected chi connectivity index (χ2v) is 8.79. The Morgan fingerprint density at radius 2 is 1.70 bits per heavy atom. The van der Waals surface area contributed by atoms with Gasteiger partial charge in [0.15, 0.2) is 11.5 Å². The number of phenols is 1. The van der Waals surface area contributed by atoms with Gasteiger partial charge in [0.1, 0.15) is 23.7 Å². The van der Waals surface area contributed by atoms with Crippen molar-refractivity contribution in [2.24, 2.45) is 0 Å². The van der Waals surface area contributed by atoms with Crippen LogP contribution in [0.15, 0.2) is 97.3 Å². The number of nitrogens with zero attached hydrogens (tertiary/aromatic N) is 2. The monoisotopic (exact) mass is 491 g/mol. The molecule has 2 N–H and O–H groups in total. The summed E-state index contributed by atoms with van der Waals surface area (Å²) in [6, 6.07) is 27.1. The maximum Gasteiger partial charge on any atom is 0.161 e. The largest absolute Gasteiger partial charge is 0.505 e. The summed E-state index contributed by atoms with van der Waals surface area (Å²) in [4.78, 5) is 8.91. The van der Waals surface area contributed by atoms with Gasteiger partial charge in [0.05, 0.1) is 12.6 Å². The van der Waals surface area contributed by atoms with Gasteiger partial charge >= 0.3 is 0 Å². The third kappa shape index (κ3) is 5.48. The molecule has 0 radical (unpaired) electrons. The molecule has 186 valence electrons. The first-order chi connectivity index (χ1) is 18.1. The van der Waals surface area contributed by atoms with Gasteiger partial charge in [0.2, 0.25) is 0 Å². The fourth-order valence-electron chi connectivity index (χ4n) is 4.31. The Bertz CT molecular complexity index is 1500. The Hall–Kier alpha value is -4.58. The molecule has 0 unspecified atom stereocenters. The van der Waals surface area contributed by atoms with Crippen LogP contribution in [0.1, 0.15) is 35.2 Å². The summed E-state index contributed by atoms with van der Waals surface area (Å²) < 4.78 is 12.1.